The number of halogens is 4. The first-order valence-corrected chi connectivity index (χ1v) is 15.9. The highest BCUT2D eigenvalue weighted by atomic mass is 35.5. The topological polar surface area (TPSA) is 86.8 Å². The van der Waals surface area contributed by atoms with Gasteiger partial charge in [0, 0.05) is 39.1 Å². The third kappa shape index (κ3) is 9.25. The molecule has 220 valence electrons. The predicted octanol–water partition coefficient (Wildman–Crippen LogP) is 6.62. The molecule has 3 aromatic carbocycles. The molecule has 0 aromatic heterocycles. The monoisotopic (exact) mass is 657 g/mol. The third-order valence-electron chi connectivity index (χ3n) is 6.02. The molecule has 1 N–H and O–H groups in total. The van der Waals surface area contributed by atoms with Gasteiger partial charge in [-0.05, 0) is 56.7 Å². The lowest BCUT2D eigenvalue weighted by atomic mass is 10.0. The van der Waals surface area contributed by atoms with Gasteiger partial charge in [0.2, 0.25) is 21.8 Å². The highest BCUT2D eigenvalue weighted by Gasteiger charge is 2.35. The Labute approximate surface area is 261 Å². The van der Waals surface area contributed by atoms with E-state index in [0.717, 1.165) is 16.1 Å². The van der Waals surface area contributed by atoms with E-state index in [1.165, 1.54) is 23.1 Å². The molecule has 1 atom stereocenters. The van der Waals surface area contributed by atoms with Gasteiger partial charge >= 0.3 is 0 Å². The summed E-state index contributed by atoms with van der Waals surface area (Å²) in [5, 5.41) is 3.86. The first-order chi connectivity index (χ1) is 19.1. The number of rotatable bonds is 10. The standard InChI is InChI=1S/C29H31Cl4N3O4S/c1-29(2,3)34-28(38)26(15-19-9-6-5-7-10-19)35(17-21-22(31)11-8-12-23(21)32)27(37)18-36(41(4,39)40)25-16-20(30)13-14-24(25)33/h5-14,16,26H,15,17-18H2,1-4H3,(H,34,38)/t26-/m0/s1. The number of sulfonamides is 1. The van der Waals surface area contributed by atoms with Gasteiger partial charge < -0.3 is 10.2 Å². The molecule has 0 saturated heterocycles. The second-order valence-electron chi connectivity index (χ2n) is 10.5. The van der Waals surface area contributed by atoms with E-state index < -0.39 is 40.0 Å². The number of amides is 2. The van der Waals surface area contributed by atoms with Gasteiger partial charge in [0.25, 0.3) is 0 Å². The zero-order chi connectivity index (χ0) is 30.5. The fourth-order valence-electron chi connectivity index (χ4n) is 4.13. The van der Waals surface area contributed by atoms with Gasteiger partial charge in [-0.2, -0.15) is 0 Å². The molecule has 0 aliphatic rings. The number of nitrogens with one attached hydrogen (secondary N) is 1. The molecule has 0 spiro atoms. The van der Waals surface area contributed by atoms with E-state index in [1.807, 2.05) is 51.1 Å². The highest BCUT2D eigenvalue weighted by Crippen LogP contribution is 2.32. The Hall–Kier alpha value is -2.49. The van der Waals surface area contributed by atoms with E-state index in [9.17, 15) is 18.0 Å². The Balaban J connectivity index is 2.15. The number of anilines is 1. The molecule has 0 saturated carbocycles. The minimum atomic E-state index is -4.02. The predicted molar refractivity (Wildman–Crippen MR) is 167 cm³/mol. The summed E-state index contributed by atoms with van der Waals surface area (Å²) in [5.41, 5.74) is 0.625. The van der Waals surface area contributed by atoms with Crippen molar-refractivity contribution in [3.8, 4) is 0 Å². The summed E-state index contributed by atoms with van der Waals surface area (Å²) in [4.78, 5) is 29.3. The van der Waals surface area contributed by atoms with E-state index >= 15 is 0 Å². The maximum Gasteiger partial charge on any atom is 0.244 e. The highest BCUT2D eigenvalue weighted by molar-refractivity contribution is 7.92. The minimum absolute atomic E-state index is 0.0319. The van der Waals surface area contributed by atoms with Gasteiger partial charge in [0.05, 0.1) is 17.0 Å². The molecule has 7 nitrogen and oxygen atoms in total. The van der Waals surface area contributed by atoms with Crippen molar-refractivity contribution in [3.63, 3.8) is 0 Å². The zero-order valence-corrected chi connectivity index (χ0v) is 26.8. The van der Waals surface area contributed by atoms with Crippen molar-refractivity contribution in [3.05, 3.63) is 97.9 Å². The van der Waals surface area contributed by atoms with Crippen LogP contribution in [0, 0.1) is 0 Å². The second-order valence-corrected chi connectivity index (χ2v) is 14.1. The molecule has 0 fully saturated rings. The molecule has 0 unspecified atom stereocenters. The van der Waals surface area contributed by atoms with Gasteiger partial charge in [0.1, 0.15) is 12.6 Å². The van der Waals surface area contributed by atoms with Crippen LogP contribution in [0.15, 0.2) is 66.7 Å². The minimum Gasteiger partial charge on any atom is -0.350 e. The lowest BCUT2D eigenvalue weighted by Crippen LogP contribution is -2.56. The van der Waals surface area contributed by atoms with Gasteiger partial charge in [-0.3, -0.25) is 13.9 Å². The Morgan fingerprint density at radius 1 is 0.878 bits per heavy atom. The van der Waals surface area contributed by atoms with Crippen LogP contribution in [-0.2, 0) is 32.6 Å². The second kappa shape index (κ2) is 13.7. The third-order valence-corrected chi connectivity index (χ3v) is 8.40. The van der Waals surface area contributed by atoms with E-state index in [4.69, 9.17) is 46.4 Å². The number of hydrogen-bond acceptors (Lipinski definition) is 4. The summed E-state index contributed by atoms with van der Waals surface area (Å²) >= 11 is 25.4. The van der Waals surface area contributed by atoms with Gasteiger partial charge in [0.15, 0.2) is 0 Å². The Morgan fingerprint density at radius 3 is 2.05 bits per heavy atom. The average molecular weight is 659 g/mol. The molecule has 2 amide bonds. The Kier molecular flexibility index (Phi) is 11.0. The van der Waals surface area contributed by atoms with Crippen LogP contribution in [0.25, 0.3) is 0 Å². The molecular weight excluding hydrogens is 628 g/mol. The first kappa shape index (κ1) is 33.0. The Morgan fingerprint density at radius 2 is 1.49 bits per heavy atom. The fraction of sp³-hybridized carbons (Fsp3) is 0.310. The number of carbonyl (C=O) groups is 2. The lowest BCUT2D eigenvalue weighted by molar-refractivity contribution is -0.140. The van der Waals surface area contributed by atoms with Crippen LogP contribution in [0.1, 0.15) is 31.9 Å². The van der Waals surface area contributed by atoms with Crippen LogP contribution in [0.2, 0.25) is 20.1 Å². The van der Waals surface area contributed by atoms with E-state index in [-0.39, 0.29) is 28.7 Å². The summed E-state index contributed by atoms with van der Waals surface area (Å²) in [6.07, 6.45) is 1.11. The lowest BCUT2D eigenvalue weighted by Gasteiger charge is -2.35. The summed E-state index contributed by atoms with van der Waals surface area (Å²) < 4.78 is 26.7. The number of carbonyl (C=O) groups excluding carboxylic acids is 2. The van der Waals surface area contributed by atoms with Crippen LogP contribution >= 0.6 is 46.4 Å². The van der Waals surface area contributed by atoms with Gasteiger partial charge in [-0.1, -0.05) is 82.8 Å². The van der Waals surface area contributed by atoms with Crippen LogP contribution < -0.4 is 9.62 Å². The van der Waals surface area contributed by atoms with Gasteiger partial charge in [-0.25, -0.2) is 8.42 Å². The summed E-state index contributed by atoms with van der Waals surface area (Å²) in [6, 6.07) is 17.4. The number of benzene rings is 3. The molecule has 0 bridgehead atoms. The SMILES string of the molecule is CC(C)(C)NC(=O)[C@H](Cc1ccccc1)N(Cc1c(Cl)cccc1Cl)C(=O)CN(c1cc(Cl)ccc1Cl)S(C)(=O)=O. The maximum absolute atomic E-state index is 14.2. The molecule has 0 aliphatic carbocycles. The van der Waals surface area contributed by atoms with Crippen molar-refractivity contribution in [1.29, 1.82) is 0 Å². The van der Waals surface area contributed by atoms with Crippen molar-refractivity contribution in [2.45, 2.75) is 45.3 Å². The summed E-state index contributed by atoms with van der Waals surface area (Å²) in [6.45, 7) is 4.67. The molecule has 41 heavy (non-hydrogen) atoms. The summed E-state index contributed by atoms with van der Waals surface area (Å²) in [7, 11) is -4.02. The molecule has 0 radical (unpaired) electrons. The number of nitrogens with zero attached hydrogens (tertiary/aromatic N) is 2. The van der Waals surface area contributed by atoms with Crippen LogP contribution in [0.5, 0.6) is 0 Å². The Bertz CT molecular complexity index is 1490. The van der Waals surface area contributed by atoms with Crippen molar-refractivity contribution >= 4 is 73.9 Å². The molecule has 3 rings (SSSR count). The van der Waals surface area contributed by atoms with Crippen LogP contribution in [0.3, 0.4) is 0 Å². The molecule has 12 heteroatoms. The van der Waals surface area contributed by atoms with E-state index in [1.54, 1.807) is 18.2 Å². The molecule has 3 aromatic rings. The molecule has 0 aliphatic heterocycles. The zero-order valence-electron chi connectivity index (χ0n) is 23.0. The average Bonchev–Trinajstić information content (AvgIpc) is 2.86. The summed E-state index contributed by atoms with van der Waals surface area (Å²) in [5.74, 6) is -1.10. The first-order valence-electron chi connectivity index (χ1n) is 12.6. The van der Waals surface area contributed by atoms with Gasteiger partial charge in [-0.15, -0.1) is 0 Å². The van der Waals surface area contributed by atoms with Crippen LogP contribution in [0.4, 0.5) is 5.69 Å². The maximum atomic E-state index is 14.2. The number of hydrogen-bond donors (Lipinski definition) is 1. The van der Waals surface area contributed by atoms with E-state index in [0.29, 0.717) is 15.6 Å². The molecular formula is C29H31Cl4N3O4S. The largest absolute Gasteiger partial charge is 0.350 e. The quantitative estimate of drug-likeness (QED) is 0.265. The molecule has 0 heterocycles. The normalized spacial score (nSPS) is 12.5. The van der Waals surface area contributed by atoms with Crippen molar-refractivity contribution < 1.29 is 18.0 Å². The fourth-order valence-corrected chi connectivity index (χ4v) is 5.94. The smallest absolute Gasteiger partial charge is 0.244 e. The van der Waals surface area contributed by atoms with Crippen molar-refractivity contribution in [2.75, 3.05) is 17.1 Å². The van der Waals surface area contributed by atoms with Crippen LogP contribution in [-0.4, -0.2) is 49.5 Å². The van der Waals surface area contributed by atoms with Crippen molar-refractivity contribution in [2.24, 2.45) is 0 Å². The van der Waals surface area contributed by atoms with E-state index in [2.05, 4.69) is 5.32 Å². The van der Waals surface area contributed by atoms with Crippen molar-refractivity contribution in [1.82, 2.24) is 10.2 Å².